The predicted octanol–water partition coefficient (Wildman–Crippen LogP) is 3.12. The number of nitrogens with zero attached hydrogens (tertiary/aromatic N) is 1. The average Bonchev–Trinajstić information content (AvgIpc) is 2.70. The van der Waals surface area contributed by atoms with Gasteiger partial charge in [0, 0.05) is 11.9 Å². The van der Waals surface area contributed by atoms with Gasteiger partial charge >= 0.3 is 6.18 Å². The van der Waals surface area contributed by atoms with Crippen molar-refractivity contribution in [2.24, 2.45) is 0 Å². The number of aryl methyl sites for hydroxylation is 1. The molecule has 1 N–H and O–H groups in total. The van der Waals surface area contributed by atoms with Crippen LogP contribution in [-0.2, 0) is 12.6 Å². The number of benzene rings is 1. The normalized spacial score (nSPS) is 14.4. The molecule has 0 aliphatic carbocycles. The number of amides is 1. The van der Waals surface area contributed by atoms with E-state index in [9.17, 15) is 18.0 Å². The number of hydrogen-bond acceptors (Lipinski definition) is 3. The molecule has 0 fully saturated rings. The maximum atomic E-state index is 13.4. The van der Waals surface area contributed by atoms with Crippen molar-refractivity contribution in [3.63, 3.8) is 0 Å². The minimum Gasteiger partial charge on any atom is -0.491 e. The molecule has 0 spiro atoms. The summed E-state index contributed by atoms with van der Waals surface area (Å²) in [6, 6.07) is 5.64. The quantitative estimate of drug-likeness (QED) is 0.917. The lowest BCUT2D eigenvalue weighted by molar-refractivity contribution is -0.138. The van der Waals surface area contributed by atoms with Crippen LogP contribution < -0.4 is 10.1 Å². The SMILES string of the molecule is Cc1ccc(Cc2cc3c(cc2C(F)(F)F)OCCNC3=O)cn1. The van der Waals surface area contributed by atoms with Crippen molar-refractivity contribution >= 4 is 5.91 Å². The van der Waals surface area contributed by atoms with Gasteiger partial charge in [0.1, 0.15) is 12.4 Å². The van der Waals surface area contributed by atoms with E-state index in [0.717, 1.165) is 11.8 Å². The molecule has 1 aromatic carbocycles. The summed E-state index contributed by atoms with van der Waals surface area (Å²) in [7, 11) is 0. The molecule has 0 bridgehead atoms. The third kappa shape index (κ3) is 3.34. The van der Waals surface area contributed by atoms with Crippen LogP contribution in [0.4, 0.5) is 13.2 Å². The maximum Gasteiger partial charge on any atom is 0.416 e. The van der Waals surface area contributed by atoms with Gasteiger partial charge in [0.25, 0.3) is 5.91 Å². The van der Waals surface area contributed by atoms with Crippen molar-refractivity contribution in [2.75, 3.05) is 13.2 Å². The van der Waals surface area contributed by atoms with Crippen LogP contribution in [0.2, 0.25) is 0 Å². The molecule has 0 saturated carbocycles. The van der Waals surface area contributed by atoms with E-state index < -0.39 is 17.6 Å². The number of pyridine rings is 1. The Bertz CT molecular complexity index is 771. The van der Waals surface area contributed by atoms with Gasteiger partial charge in [-0.1, -0.05) is 6.07 Å². The van der Waals surface area contributed by atoms with Gasteiger partial charge in [-0.3, -0.25) is 9.78 Å². The zero-order valence-corrected chi connectivity index (χ0v) is 12.9. The second-order valence-corrected chi connectivity index (χ2v) is 5.59. The topological polar surface area (TPSA) is 51.2 Å². The summed E-state index contributed by atoms with van der Waals surface area (Å²) in [5, 5.41) is 2.60. The number of aromatic nitrogens is 1. The molecule has 0 saturated heterocycles. The second-order valence-electron chi connectivity index (χ2n) is 5.59. The van der Waals surface area contributed by atoms with Crippen LogP contribution in [0.1, 0.15) is 32.7 Å². The number of alkyl halides is 3. The molecule has 2 heterocycles. The summed E-state index contributed by atoms with van der Waals surface area (Å²) in [6.45, 7) is 2.19. The molecule has 0 unspecified atom stereocenters. The number of halogens is 3. The van der Waals surface area contributed by atoms with E-state index in [1.807, 2.05) is 0 Å². The van der Waals surface area contributed by atoms with E-state index in [1.165, 1.54) is 12.3 Å². The standard InChI is InChI=1S/C17H15F3N2O2/c1-10-2-3-11(9-22-10)6-12-7-13-15(8-14(12)17(18,19)20)24-5-4-21-16(13)23/h2-3,7-9H,4-6H2,1H3,(H,21,23). The Labute approximate surface area is 136 Å². The summed E-state index contributed by atoms with van der Waals surface area (Å²) in [4.78, 5) is 16.1. The Hall–Kier alpha value is -2.57. The molecule has 7 heteroatoms. The van der Waals surface area contributed by atoms with Gasteiger partial charge in [0.2, 0.25) is 0 Å². The number of hydrogen-bond donors (Lipinski definition) is 1. The summed E-state index contributed by atoms with van der Waals surface area (Å²) < 4.78 is 45.5. The Balaban J connectivity index is 2.08. The van der Waals surface area contributed by atoms with Crippen molar-refractivity contribution in [2.45, 2.75) is 19.5 Å². The highest BCUT2D eigenvalue weighted by molar-refractivity contribution is 5.97. The Morgan fingerprint density at radius 1 is 1.29 bits per heavy atom. The van der Waals surface area contributed by atoms with Crippen LogP contribution in [-0.4, -0.2) is 24.0 Å². The monoisotopic (exact) mass is 336 g/mol. The van der Waals surface area contributed by atoms with Gasteiger partial charge in [0.05, 0.1) is 17.7 Å². The van der Waals surface area contributed by atoms with E-state index in [-0.39, 0.29) is 36.4 Å². The fourth-order valence-corrected chi connectivity index (χ4v) is 2.58. The highest BCUT2D eigenvalue weighted by Crippen LogP contribution is 2.37. The molecule has 4 nitrogen and oxygen atoms in total. The largest absolute Gasteiger partial charge is 0.491 e. The van der Waals surface area contributed by atoms with Crippen molar-refractivity contribution < 1.29 is 22.7 Å². The van der Waals surface area contributed by atoms with Crippen LogP contribution >= 0.6 is 0 Å². The van der Waals surface area contributed by atoms with Crippen LogP contribution in [0.25, 0.3) is 0 Å². The van der Waals surface area contributed by atoms with Crippen LogP contribution in [0.3, 0.4) is 0 Å². The minimum absolute atomic E-state index is 0.0209. The van der Waals surface area contributed by atoms with Gasteiger partial charge < -0.3 is 10.1 Å². The molecule has 1 aliphatic heterocycles. The molecule has 1 aromatic heterocycles. The lowest BCUT2D eigenvalue weighted by Crippen LogP contribution is -2.24. The minimum atomic E-state index is -4.53. The Kier molecular flexibility index (Phi) is 4.17. The van der Waals surface area contributed by atoms with Gasteiger partial charge in [-0.15, -0.1) is 0 Å². The third-order valence-electron chi connectivity index (χ3n) is 3.77. The molecule has 126 valence electrons. The van der Waals surface area contributed by atoms with Crippen molar-refractivity contribution in [1.82, 2.24) is 10.3 Å². The molecule has 3 rings (SSSR count). The average molecular weight is 336 g/mol. The van der Waals surface area contributed by atoms with E-state index in [2.05, 4.69) is 10.3 Å². The second kappa shape index (κ2) is 6.14. The Morgan fingerprint density at radius 2 is 2.08 bits per heavy atom. The van der Waals surface area contributed by atoms with Crippen LogP contribution in [0.5, 0.6) is 5.75 Å². The van der Waals surface area contributed by atoms with Crippen molar-refractivity contribution in [1.29, 1.82) is 0 Å². The summed E-state index contributed by atoms with van der Waals surface area (Å²) in [5.41, 5.74) is 0.769. The fourth-order valence-electron chi connectivity index (χ4n) is 2.58. The lowest BCUT2D eigenvalue weighted by Gasteiger charge is -2.16. The van der Waals surface area contributed by atoms with Crippen molar-refractivity contribution in [3.05, 3.63) is 58.4 Å². The molecule has 0 atom stereocenters. The number of ether oxygens (including phenoxy) is 1. The summed E-state index contributed by atoms with van der Waals surface area (Å²) in [6.07, 6.45) is -2.96. The first-order chi connectivity index (χ1) is 11.3. The van der Waals surface area contributed by atoms with E-state index in [0.29, 0.717) is 5.56 Å². The molecule has 0 radical (unpaired) electrons. The van der Waals surface area contributed by atoms with Crippen molar-refractivity contribution in [3.8, 4) is 5.75 Å². The summed E-state index contributed by atoms with van der Waals surface area (Å²) in [5.74, 6) is -0.470. The zero-order chi connectivity index (χ0) is 17.3. The molecule has 2 aromatic rings. The van der Waals surface area contributed by atoms with E-state index in [4.69, 9.17) is 4.74 Å². The first kappa shape index (κ1) is 16.3. The zero-order valence-electron chi connectivity index (χ0n) is 12.9. The lowest BCUT2D eigenvalue weighted by atomic mass is 9.96. The first-order valence-corrected chi connectivity index (χ1v) is 7.41. The van der Waals surface area contributed by atoms with Crippen LogP contribution in [0, 0.1) is 6.92 Å². The number of fused-ring (bicyclic) bond motifs is 1. The molecule has 1 amide bonds. The van der Waals surface area contributed by atoms with Gasteiger partial charge in [-0.2, -0.15) is 13.2 Å². The molecular weight excluding hydrogens is 321 g/mol. The number of carbonyl (C=O) groups excluding carboxylic acids is 1. The number of carbonyl (C=O) groups is 1. The highest BCUT2D eigenvalue weighted by Gasteiger charge is 2.35. The summed E-state index contributed by atoms with van der Waals surface area (Å²) >= 11 is 0. The molecule has 1 aliphatic rings. The smallest absolute Gasteiger partial charge is 0.416 e. The van der Waals surface area contributed by atoms with Gasteiger partial charge in [-0.25, -0.2) is 0 Å². The molecular formula is C17H15F3N2O2. The maximum absolute atomic E-state index is 13.4. The Morgan fingerprint density at radius 3 is 2.75 bits per heavy atom. The fraction of sp³-hybridized carbons (Fsp3) is 0.294. The van der Waals surface area contributed by atoms with Gasteiger partial charge in [0.15, 0.2) is 0 Å². The van der Waals surface area contributed by atoms with Gasteiger partial charge in [-0.05, 0) is 42.7 Å². The first-order valence-electron chi connectivity index (χ1n) is 7.41. The highest BCUT2D eigenvalue weighted by atomic mass is 19.4. The molecule has 24 heavy (non-hydrogen) atoms. The third-order valence-corrected chi connectivity index (χ3v) is 3.77. The van der Waals surface area contributed by atoms with Crippen LogP contribution in [0.15, 0.2) is 30.5 Å². The number of rotatable bonds is 2. The van der Waals surface area contributed by atoms with E-state index >= 15 is 0 Å². The number of nitrogens with one attached hydrogen (secondary N) is 1. The van der Waals surface area contributed by atoms with E-state index in [1.54, 1.807) is 19.1 Å². The predicted molar refractivity (Wildman–Crippen MR) is 81.1 cm³/mol.